The molecule has 1 rings (SSSR count). The summed E-state index contributed by atoms with van der Waals surface area (Å²) in [7, 11) is 1.47. The van der Waals surface area contributed by atoms with Gasteiger partial charge in [-0.3, -0.25) is 0 Å². The fourth-order valence-electron chi connectivity index (χ4n) is 1.20. The van der Waals surface area contributed by atoms with Crippen molar-refractivity contribution in [1.82, 2.24) is 15.0 Å². The zero-order valence-electron chi connectivity index (χ0n) is 9.68. The minimum atomic E-state index is 0.0978. The molecule has 1 aromatic heterocycles. The van der Waals surface area contributed by atoms with Gasteiger partial charge in [0.1, 0.15) is 0 Å². The number of nitrogens with two attached hydrogens (primary N) is 1. The van der Waals surface area contributed by atoms with Gasteiger partial charge in [-0.05, 0) is 18.5 Å². The predicted octanol–water partition coefficient (Wildman–Crippen LogP) is 1.04. The molecule has 0 atom stereocenters. The zero-order valence-corrected chi connectivity index (χ0v) is 11.3. The average molecular weight is 276 g/mol. The summed E-state index contributed by atoms with van der Waals surface area (Å²) >= 11 is 10.6. The van der Waals surface area contributed by atoms with Gasteiger partial charge in [0.05, 0.1) is 12.1 Å². The van der Waals surface area contributed by atoms with Crippen LogP contribution in [0.3, 0.4) is 0 Å². The number of thiocarbonyl (C=S) groups is 1. The Morgan fingerprint density at radius 1 is 1.47 bits per heavy atom. The number of ether oxygens (including phenoxy) is 1. The first kappa shape index (κ1) is 13.9. The molecule has 17 heavy (non-hydrogen) atoms. The highest BCUT2D eigenvalue weighted by Gasteiger charge is 2.11. The Morgan fingerprint density at radius 3 is 2.71 bits per heavy atom. The highest BCUT2D eigenvalue weighted by molar-refractivity contribution is 7.80. The molecule has 0 aliphatic heterocycles. The summed E-state index contributed by atoms with van der Waals surface area (Å²) in [5, 5.41) is 0.0978. The molecule has 6 nitrogen and oxygen atoms in total. The molecule has 0 saturated carbocycles. The Balaban J connectivity index is 2.86. The van der Waals surface area contributed by atoms with E-state index < -0.39 is 0 Å². The molecule has 1 aromatic rings. The van der Waals surface area contributed by atoms with E-state index in [1.807, 2.05) is 11.8 Å². The third kappa shape index (κ3) is 4.27. The Hall–Kier alpha value is -1.21. The monoisotopic (exact) mass is 275 g/mol. The lowest BCUT2D eigenvalue weighted by molar-refractivity contribution is 0.378. The highest BCUT2D eigenvalue weighted by Crippen LogP contribution is 2.14. The van der Waals surface area contributed by atoms with Crippen LogP contribution < -0.4 is 15.4 Å². The first-order valence-corrected chi connectivity index (χ1v) is 5.84. The number of hydrogen-bond donors (Lipinski definition) is 1. The normalized spacial score (nSPS) is 10.1. The molecule has 0 aliphatic rings. The second kappa shape index (κ2) is 6.51. The molecule has 0 saturated heterocycles. The first-order chi connectivity index (χ1) is 8.06. The van der Waals surface area contributed by atoms with E-state index >= 15 is 0 Å². The van der Waals surface area contributed by atoms with Crippen molar-refractivity contribution >= 4 is 34.8 Å². The zero-order chi connectivity index (χ0) is 12.8. The molecule has 0 fully saturated rings. The van der Waals surface area contributed by atoms with Crippen molar-refractivity contribution in [2.24, 2.45) is 5.73 Å². The Labute approximate surface area is 110 Å². The molecule has 0 bridgehead atoms. The van der Waals surface area contributed by atoms with Gasteiger partial charge in [-0.1, -0.05) is 12.2 Å². The van der Waals surface area contributed by atoms with Crippen LogP contribution in [0.1, 0.15) is 13.3 Å². The Kier molecular flexibility index (Phi) is 5.30. The standard InChI is InChI=1S/C9H14ClN5OS/c1-3-15(5-4-6(11)17)8-12-7(10)13-9(14-8)16-2/h3-5H2,1-2H3,(H2,11,17). The van der Waals surface area contributed by atoms with Crippen molar-refractivity contribution in [2.75, 3.05) is 25.1 Å². The van der Waals surface area contributed by atoms with Crippen LogP contribution in [0.2, 0.25) is 5.28 Å². The van der Waals surface area contributed by atoms with Crippen molar-refractivity contribution in [1.29, 1.82) is 0 Å². The lowest BCUT2D eigenvalue weighted by Gasteiger charge is -2.20. The first-order valence-electron chi connectivity index (χ1n) is 5.05. The third-order valence-corrected chi connectivity index (χ3v) is 2.42. The number of halogens is 1. The summed E-state index contributed by atoms with van der Waals surface area (Å²) in [5.74, 6) is 0.459. The van der Waals surface area contributed by atoms with Crippen LogP contribution in [0.15, 0.2) is 0 Å². The van der Waals surface area contributed by atoms with E-state index in [2.05, 4.69) is 15.0 Å². The molecule has 0 amide bonds. The van der Waals surface area contributed by atoms with E-state index in [-0.39, 0.29) is 11.3 Å². The quantitative estimate of drug-likeness (QED) is 0.777. The van der Waals surface area contributed by atoms with Crippen molar-refractivity contribution in [3.8, 4) is 6.01 Å². The van der Waals surface area contributed by atoms with Gasteiger partial charge in [0, 0.05) is 19.5 Å². The Morgan fingerprint density at radius 2 is 2.18 bits per heavy atom. The fraction of sp³-hybridized carbons (Fsp3) is 0.556. The summed E-state index contributed by atoms with van der Waals surface area (Å²) in [6, 6.07) is 0.189. The second-order valence-electron chi connectivity index (χ2n) is 3.19. The molecule has 0 radical (unpaired) electrons. The van der Waals surface area contributed by atoms with Crippen LogP contribution in [0.25, 0.3) is 0 Å². The summed E-state index contributed by atoms with van der Waals surface area (Å²) in [6.07, 6.45) is 0.592. The van der Waals surface area contributed by atoms with Gasteiger partial charge in [-0.25, -0.2) is 0 Å². The summed E-state index contributed by atoms with van der Waals surface area (Å²) < 4.78 is 4.93. The fourth-order valence-corrected chi connectivity index (χ4v) is 1.44. The molecular formula is C9H14ClN5OS. The summed E-state index contributed by atoms with van der Waals surface area (Å²) in [4.78, 5) is 14.3. The molecule has 0 spiro atoms. The van der Waals surface area contributed by atoms with Crippen LogP contribution in [-0.2, 0) is 0 Å². The van der Waals surface area contributed by atoms with Crippen LogP contribution in [0, 0.1) is 0 Å². The maximum absolute atomic E-state index is 5.77. The van der Waals surface area contributed by atoms with Gasteiger partial charge in [-0.2, -0.15) is 15.0 Å². The van der Waals surface area contributed by atoms with Crippen LogP contribution in [0.4, 0.5) is 5.95 Å². The number of methoxy groups -OCH3 is 1. The maximum Gasteiger partial charge on any atom is 0.322 e. The largest absolute Gasteiger partial charge is 0.467 e. The highest BCUT2D eigenvalue weighted by atomic mass is 35.5. The van der Waals surface area contributed by atoms with E-state index in [9.17, 15) is 0 Å². The Bertz CT molecular complexity index is 403. The number of hydrogen-bond acceptors (Lipinski definition) is 6. The smallest absolute Gasteiger partial charge is 0.322 e. The topological polar surface area (TPSA) is 77.2 Å². The number of nitrogens with zero attached hydrogens (tertiary/aromatic N) is 4. The number of aromatic nitrogens is 3. The molecule has 0 aliphatic carbocycles. The third-order valence-electron chi connectivity index (χ3n) is 2.05. The lowest BCUT2D eigenvalue weighted by Crippen LogP contribution is -2.29. The minimum Gasteiger partial charge on any atom is -0.467 e. The van der Waals surface area contributed by atoms with E-state index in [1.165, 1.54) is 7.11 Å². The van der Waals surface area contributed by atoms with Gasteiger partial charge < -0.3 is 15.4 Å². The lowest BCUT2D eigenvalue weighted by atomic mass is 10.4. The van der Waals surface area contributed by atoms with E-state index in [0.717, 1.165) is 0 Å². The van der Waals surface area contributed by atoms with Crippen LogP contribution >= 0.6 is 23.8 Å². The van der Waals surface area contributed by atoms with Gasteiger partial charge in [0.25, 0.3) is 0 Å². The van der Waals surface area contributed by atoms with Gasteiger partial charge >= 0.3 is 6.01 Å². The van der Waals surface area contributed by atoms with Crippen molar-refractivity contribution in [3.05, 3.63) is 5.28 Å². The average Bonchev–Trinajstić information content (AvgIpc) is 2.28. The van der Waals surface area contributed by atoms with Crippen molar-refractivity contribution < 1.29 is 4.74 Å². The number of anilines is 1. The van der Waals surface area contributed by atoms with Crippen LogP contribution in [-0.4, -0.2) is 40.1 Å². The molecule has 0 aromatic carbocycles. The molecule has 2 N–H and O–H groups in total. The molecular weight excluding hydrogens is 262 g/mol. The van der Waals surface area contributed by atoms with Crippen LogP contribution in [0.5, 0.6) is 6.01 Å². The molecule has 0 unspecified atom stereocenters. The van der Waals surface area contributed by atoms with Gasteiger partial charge in [-0.15, -0.1) is 0 Å². The van der Waals surface area contributed by atoms with E-state index in [1.54, 1.807) is 0 Å². The van der Waals surface area contributed by atoms with Crippen molar-refractivity contribution in [3.63, 3.8) is 0 Å². The van der Waals surface area contributed by atoms with Crippen molar-refractivity contribution in [2.45, 2.75) is 13.3 Å². The molecule has 1 heterocycles. The number of rotatable bonds is 6. The molecule has 8 heteroatoms. The SMILES string of the molecule is CCN(CCC(N)=S)c1nc(Cl)nc(OC)n1. The minimum absolute atomic E-state index is 0.0978. The summed E-state index contributed by atoms with van der Waals surface area (Å²) in [5.41, 5.74) is 5.46. The van der Waals surface area contributed by atoms with Gasteiger partial charge in [0.15, 0.2) is 0 Å². The summed E-state index contributed by atoms with van der Waals surface area (Å²) in [6.45, 7) is 3.32. The second-order valence-corrected chi connectivity index (χ2v) is 4.05. The predicted molar refractivity (Wildman–Crippen MR) is 70.7 cm³/mol. The maximum atomic E-state index is 5.77. The molecule has 94 valence electrons. The van der Waals surface area contributed by atoms with E-state index in [4.69, 9.17) is 34.3 Å². The van der Waals surface area contributed by atoms with E-state index in [0.29, 0.717) is 30.4 Å². The van der Waals surface area contributed by atoms with Gasteiger partial charge in [0.2, 0.25) is 11.2 Å².